The van der Waals surface area contributed by atoms with Crippen LogP contribution in [0.1, 0.15) is 34.0 Å². The van der Waals surface area contributed by atoms with Gasteiger partial charge >= 0.3 is 5.97 Å². The Balaban J connectivity index is 1.82. The third-order valence-corrected chi connectivity index (χ3v) is 5.23. The van der Waals surface area contributed by atoms with Crippen LogP contribution in [0, 0.1) is 6.92 Å². The van der Waals surface area contributed by atoms with Crippen LogP contribution in [0.4, 0.5) is 11.4 Å². The number of halogens is 1. The highest BCUT2D eigenvalue weighted by molar-refractivity contribution is 7.81. The average Bonchev–Trinajstić information content (AvgIpc) is 2.71. The van der Waals surface area contributed by atoms with E-state index in [2.05, 4.69) is 5.32 Å². The number of carbonyl (C=O) groups excluding carboxylic acids is 1. The molecule has 3 nitrogen and oxygen atoms in total. The second-order valence-corrected chi connectivity index (χ2v) is 7.03. The van der Waals surface area contributed by atoms with Gasteiger partial charge in [-0.3, -0.25) is 0 Å². The highest BCUT2D eigenvalue weighted by Gasteiger charge is 2.13. The van der Waals surface area contributed by atoms with E-state index in [0.717, 1.165) is 27.2 Å². The van der Waals surface area contributed by atoms with Crippen LogP contribution in [-0.2, 0) is 4.74 Å². The van der Waals surface area contributed by atoms with Gasteiger partial charge < -0.3 is 10.1 Å². The topological polar surface area (TPSA) is 38.3 Å². The normalized spacial score (nSPS) is 10.4. The maximum atomic E-state index is 12.1. The van der Waals surface area contributed by atoms with Gasteiger partial charge in [-0.25, -0.2) is 4.79 Å². The van der Waals surface area contributed by atoms with Gasteiger partial charge in [-0.2, -0.15) is 0 Å². The second kappa shape index (κ2) is 9.00. The molecule has 0 aromatic heterocycles. The zero-order valence-corrected chi connectivity index (χ0v) is 17.2. The lowest BCUT2D eigenvalue weighted by Crippen LogP contribution is -2.08. The summed E-state index contributed by atoms with van der Waals surface area (Å²) in [6.45, 7) is 4.09. The van der Waals surface area contributed by atoms with Crippen molar-refractivity contribution < 1.29 is 9.53 Å². The number of hydrogen-bond acceptors (Lipinski definition) is 4. The summed E-state index contributed by atoms with van der Waals surface area (Å²) in [4.78, 5) is 12.9. The first-order chi connectivity index (χ1) is 13.5. The quantitative estimate of drug-likeness (QED) is 0.293. The van der Waals surface area contributed by atoms with Crippen molar-refractivity contribution >= 4 is 46.0 Å². The summed E-state index contributed by atoms with van der Waals surface area (Å²) in [5.74, 6) is -0.347. The lowest BCUT2D eigenvalue weighted by molar-refractivity contribution is 0.0527. The monoisotopic (exact) mass is 409 g/mol. The molecular weight excluding hydrogens is 390 g/mol. The fourth-order valence-corrected chi connectivity index (χ4v) is 3.38. The largest absolute Gasteiger partial charge is 0.462 e. The first kappa shape index (κ1) is 20.1. The Bertz CT molecular complexity index is 1020. The van der Waals surface area contributed by atoms with E-state index in [1.54, 1.807) is 13.0 Å². The molecule has 0 bridgehead atoms. The number of thiocarbonyl (C=S) groups is 1. The Kier molecular flexibility index (Phi) is 6.45. The molecule has 0 amide bonds. The lowest BCUT2D eigenvalue weighted by atomic mass is 10.00. The highest BCUT2D eigenvalue weighted by Crippen LogP contribution is 2.25. The van der Waals surface area contributed by atoms with E-state index in [-0.39, 0.29) is 5.97 Å². The zero-order valence-electron chi connectivity index (χ0n) is 15.7. The Morgan fingerprint density at radius 2 is 1.68 bits per heavy atom. The number of hydrogen-bond donors (Lipinski definition) is 1. The van der Waals surface area contributed by atoms with Gasteiger partial charge in [-0.05, 0) is 60.9 Å². The summed E-state index contributed by atoms with van der Waals surface area (Å²) in [5.41, 5.74) is 4.91. The van der Waals surface area contributed by atoms with Gasteiger partial charge in [0, 0.05) is 10.7 Å². The highest BCUT2D eigenvalue weighted by atomic mass is 35.5. The molecule has 0 aliphatic rings. The molecule has 0 heterocycles. The van der Waals surface area contributed by atoms with Crippen molar-refractivity contribution in [1.82, 2.24) is 0 Å². The van der Waals surface area contributed by atoms with Gasteiger partial charge in [-0.1, -0.05) is 60.2 Å². The first-order valence-electron chi connectivity index (χ1n) is 8.94. The van der Waals surface area contributed by atoms with E-state index >= 15 is 0 Å². The third-order valence-electron chi connectivity index (χ3n) is 4.36. The van der Waals surface area contributed by atoms with Crippen molar-refractivity contribution in [3.8, 4) is 0 Å². The molecule has 0 aliphatic carbocycles. The van der Waals surface area contributed by atoms with Crippen molar-refractivity contribution in [3.63, 3.8) is 0 Å². The molecule has 0 aliphatic heterocycles. The molecule has 142 valence electrons. The maximum absolute atomic E-state index is 12.1. The standard InChI is InChI=1S/C23H20ClNO2S/c1-3-27-23(26)19-7-4-5-10-21(19)25-17-13-11-16(12-14-17)22(28)18-8-6-9-20(24)15(18)2/h4-14,25H,3H2,1-2H3. The Morgan fingerprint density at radius 1 is 1.00 bits per heavy atom. The van der Waals surface area contributed by atoms with E-state index in [1.165, 1.54) is 0 Å². The zero-order chi connectivity index (χ0) is 20.1. The number of anilines is 2. The van der Waals surface area contributed by atoms with E-state index < -0.39 is 0 Å². The summed E-state index contributed by atoms with van der Waals surface area (Å²) in [5, 5.41) is 3.98. The van der Waals surface area contributed by atoms with Gasteiger partial charge in [0.15, 0.2) is 0 Å². The number of carbonyl (C=O) groups is 1. The molecule has 3 aromatic rings. The van der Waals surface area contributed by atoms with Gasteiger partial charge in [0.05, 0.1) is 22.7 Å². The number of esters is 1. The van der Waals surface area contributed by atoms with Crippen molar-refractivity contribution in [2.75, 3.05) is 11.9 Å². The molecule has 0 radical (unpaired) electrons. The summed E-state index contributed by atoms with van der Waals surface area (Å²) < 4.78 is 5.12. The fourth-order valence-electron chi connectivity index (χ4n) is 2.85. The van der Waals surface area contributed by atoms with Gasteiger partial charge in [0.2, 0.25) is 0 Å². The van der Waals surface area contributed by atoms with Crippen molar-refractivity contribution in [2.45, 2.75) is 13.8 Å². The molecule has 3 aromatic carbocycles. The predicted octanol–water partition coefficient (Wildman–Crippen LogP) is 6.34. The van der Waals surface area contributed by atoms with E-state index in [0.29, 0.717) is 22.9 Å². The van der Waals surface area contributed by atoms with E-state index in [4.69, 9.17) is 28.6 Å². The molecule has 0 unspecified atom stereocenters. The number of nitrogens with one attached hydrogen (secondary N) is 1. The van der Waals surface area contributed by atoms with Crippen molar-refractivity contribution in [1.29, 1.82) is 0 Å². The summed E-state index contributed by atoms with van der Waals surface area (Å²) >= 11 is 11.9. The molecule has 0 atom stereocenters. The lowest BCUT2D eigenvalue weighted by Gasteiger charge is -2.13. The minimum absolute atomic E-state index is 0.336. The summed E-state index contributed by atoms with van der Waals surface area (Å²) in [7, 11) is 0. The molecule has 0 spiro atoms. The molecule has 1 N–H and O–H groups in total. The first-order valence-corrected chi connectivity index (χ1v) is 9.73. The van der Waals surface area contributed by atoms with Gasteiger partial charge in [0.1, 0.15) is 0 Å². The van der Waals surface area contributed by atoms with E-state index in [1.807, 2.05) is 67.6 Å². The van der Waals surface area contributed by atoms with Crippen LogP contribution in [0.5, 0.6) is 0 Å². The predicted molar refractivity (Wildman–Crippen MR) is 119 cm³/mol. The minimum atomic E-state index is -0.347. The molecule has 0 saturated heterocycles. The number of rotatable bonds is 6. The van der Waals surface area contributed by atoms with Crippen LogP contribution in [0.2, 0.25) is 5.02 Å². The molecule has 28 heavy (non-hydrogen) atoms. The number of para-hydroxylation sites is 1. The molecule has 3 rings (SSSR count). The Morgan fingerprint density at radius 3 is 2.39 bits per heavy atom. The fraction of sp³-hybridized carbons (Fsp3) is 0.130. The smallest absolute Gasteiger partial charge is 0.340 e. The summed E-state index contributed by atoms with van der Waals surface area (Å²) in [6, 6.07) is 20.8. The maximum Gasteiger partial charge on any atom is 0.340 e. The van der Waals surface area contributed by atoms with Crippen LogP contribution >= 0.6 is 23.8 Å². The van der Waals surface area contributed by atoms with Crippen LogP contribution < -0.4 is 5.32 Å². The van der Waals surface area contributed by atoms with Gasteiger partial charge in [-0.15, -0.1) is 0 Å². The van der Waals surface area contributed by atoms with Crippen molar-refractivity contribution in [3.05, 3.63) is 94.0 Å². The van der Waals surface area contributed by atoms with Crippen LogP contribution in [0.25, 0.3) is 0 Å². The molecular formula is C23H20ClNO2S. The van der Waals surface area contributed by atoms with Crippen molar-refractivity contribution in [2.24, 2.45) is 0 Å². The minimum Gasteiger partial charge on any atom is -0.462 e. The Hall–Kier alpha value is -2.69. The van der Waals surface area contributed by atoms with Crippen LogP contribution in [0.15, 0.2) is 66.7 Å². The SMILES string of the molecule is CCOC(=O)c1ccccc1Nc1ccc(C(=S)c2cccc(Cl)c2C)cc1. The van der Waals surface area contributed by atoms with Gasteiger partial charge in [0.25, 0.3) is 0 Å². The third kappa shape index (κ3) is 4.41. The number of ether oxygens (including phenoxy) is 1. The molecule has 5 heteroatoms. The summed E-state index contributed by atoms with van der Waals surface area (Å²) in [6.07, 6.45) is 0. The Labute approximate surface area is 175 Å². The number of benzene rings is 3. The molecule has 0 fully saturated rings. The van der Waals surface area contributed by atoms with E-state index in [9.17, 15) is 4.79 Å². The second-order valence-electron chi connectivity index (χ2n) is 6.21. The van der Waals surface area contributed by atoms with Crippen LogP contribution in [0.3, 0.4) is 0 Å². The van der Waals surface area contributed by atoms with Crippen LogP contribution in [-0.4, -0.2) is 17.4 Å². The average molecular weight is 410 g/mol. The molecule has 0 saturated carbocycles.